The summed E-state index contributed by atoms with van der Waals surface area (Å²) in [5, 5.41) is 0. The first-order valence-corrected chi connectivity index (χ1v) is 6.85. The number of hydrogen-bond acceptors (Lipinski definition) is 1. The van der Waals surface area contributed by atoms with Crippen molar-refractivity contribution in [3.05, 3.63) is 52.6 Å². The van der Waals surface area contributed by atoms with Gasteiger partial charge in [-0.05, 0) is 50.7 Å². The van der Waals surface area contributed by atoms with Crippen molar-refractivity contribution in [1.29, 1.82) is 0 Å². The molecule has 18 heavy (non-hydrogen) atoms. The molecule has 1 aliphatic carbocycles. The zero-order valence-corrected chi connectivity index (χ0v) is 11.2. The Bertz CT molecular complexity index is 566. The summed E-state index contributed by atoms with van der Waals surface area (Å²) in [6.45, 7) is 5.30. The highest BCUT2D eigenvalue weighted by molar-refractivity contribution is 5.28. The normalized spacial score (nSPS) is 14.6. The van der Waals surface area contributed by atoms with Crippen LogP contribution in [0.3, 0.4) is 0 Å². The van der Waals surface area contributed by atoms with Crippen molar-refractivity contribution in [1.82, 2.24) is 9.55 Å². The molecule has 0 N–H and O–H groups in total. The number of imidazole rings is 1. The van der Waals surface area contributed by atoms with Crippen LogP contribution < -0.4 is 0 Å². The lowest BCUT2D eigenvalue weighted by Gasteiger charge is -2.15. The summed E-state index contributed by atoms with van der Waals surface area (Å²) in [5.41, 5.74) is 5.59. The molecule has 0 spiro atoms. The highest BCUT2D eigenvalue weighted by Crippen LogP contribution is 2.23. The van der Waals surface area contributed by atoms with Crippen LogP contribution in [-0.4, -0.2) is 9.55 Å². The van der Waals surface area contributed by atoms with Crippen LogP contribution in [0.5, 0.6) is 0 Å². The third-order valence-electron chi connectivity index (χ3n) is 4.01. The first kappa shape index (κ1) is 11.5. The molecule has 0 atom stereocenters. The summed E-state index contributed by atoms with van der Waals surface area (Å²) >= 11 is 0. The van der Waals surface area contributed by atoms with Gasteiger partial charge in [-0.3, -0.25) is 0 Å². The molecular formula is C16H20N2. The Labute approximate surface area is 109 Å². The van der Waals surface area contributed by atoms with Gasteiger partial charge in [-0.15, -0.1) is 0 Å². The molecule has 0 amide bonds. The molecule has 3 rings (SSSR count). The number of rotatable bonds is 2. The Kier molecular flexibility index (Phi) is 2.94. The third-order valence-corrected chi connectivity index (χ3v) is 4.01. The van der Waals surface area contributed by atoms with Crippen molar-refractivity contribution < 1.29 is 0 Å². The second kappa shape index (κ2) is 4.60. The summed E-state index contributed by atoms with van der Waals surface area (Å²) in [7, 11) is 0. The molecule has 0 unspecified atom stereocenters. The quantitative estimate of drug-likeness (QED) is 0.786. The average Bonchev–Trinajstić information content (AvgIpc) is 2.69. The summed E-state index contributed by atoms with van der Waals surface area (Å²) in [4.78, 5) is 4.74. The van der Waals surface area contributed by atoms with Gasteiger partial charge in [-0.25, -0.2) is 4.98 Å². The lowest BCUT2D eigenvalue weighted by atomic mass is 10.0. The Morgan fingerprint density at radius 2 is 1.89 bits per heavy atom. The Morgan fingerprint density at radius 1 is 1.11 bits per heavy atom. The topological polar surface area (TPSA) is 17.8 Å². The van der Waals surface area contributed by atoms with E-state index in [0.717, 1.165) is 13.0 Å². The van der Waals surface area contributed by atoms with Crippen LogP contribution >= 0.6 is 0 Å². The van der Waals surface area contributed by atoms with Crippen molar-refractivity contribution >= 4 is 0 Å². The van der Waals surface area contributed by atoms with Gasteiger partial charge < -0.3 is 4.57 Å². The van der Waals surface area contributed by atoms with Crippen LogP contribution in [-0.2, 0) is 19.4 Å². The molecule has 0 saturated heterocycles. The highest BCUT2D eigenvalue weighted by atomic mass is 15.1. The van der Waals surface area contributed by atoms with Crippen LogP contribution in [0, 0.1) is 13.8 Å². The molecule has 1 heterocycles. The predicted molar refractivity (Wildman–Crippen MR) is 73.9 cm³/mol. The number of aryl methyl sites for hydroxylation is 3. The van der Waals surface area contributed by atoms with Gasteiger partial charge in [0.05, 0.1) is 5.69 Å². The first-order chi connectivity index (χ1) is 8.75. The fourth-order valence-electron chi connectivity index (χ4n) is 2.90. The van der Waals surface area contributed by atoms with Gasteiger partial charge in [0, 0.05) is 12.2 Å². The summed E-state index contributed by atoms with van der Waals surface area (Å²) < 4.78 is 2.41. The van der Waals surface area contributed by atoms with Crippen molar-refractivity contribution in [3.8, 4) is 0 Å². The predicted octanol–water partition coefficient (Wildman–Crippen LogP) is 3.43. The zero-order chi connectivity index (χ0) is 12.5. The molecule has 0 saturated carbocycles. The van der Waals surface area contributed by atoms with Gasteiger partial charge in [-0.1, -0.05) is 24.3 Å². The molecule has 94 valence electrons. The molecular weight excluding hydrogens is 220 g/mol. The van der Waals surface area contributed by atoms with E-state index in [1.165, 1.54) is 47.6 Å². The van der Waals surface area contributed by atoms with E-state index in [1.807, 2.05) is 0 Å². The lowest BCUT2D eigenvalue weighted by Crippen LogP contribution is -2.11. The smallest absolute Gasteiger partial charge is 0.106 e. The first-order valence-electron chi connectivity index (χ1n) is 6.85. The van der Waals surface area contributed by atoms with Crippen LogP contribution in [0.25, 0.3) is 0 Å². The van der Waals surface area contributed by atoms with E-state index in [0.29, 0.717) is 0 Å². The van der Waals surface area contributed by atoms with Gasteiger partial charge in [0.2, 0.25) is 0 Å². The second-order valence-electron chi connectivity index (χ2n) is 5.27. The highest BCUT2D eigenvalue weighted by Gasteiger charge is 2.18. The molecule has 2 aromatic rings. The molecule has 1 aromatic heterocycles. The van der Waals surface area contributed by atoms with E-state index < -0.39 is 0 Å². The van der Waals surface area contributed by atoms with E-state index in [4.69, 9.17) is 4.98 Å². The molecule has 1 aromatic carbocycles. The number of fused-ring (bicyclic) bond motifs is 1. The van der Waals surface area contributed by atoms with Gasteiger partial charge in [-0.2, -0.15) is 0 Å². The standard InChI is InChI=1S/C16H20N2/c1-12-7-3-4-8-14(12)11-18-13(2)17-15-9-5-6-10-16(15)18/h3-4,7-8H,5-6,9-11H2,1-2H3. The van der Waals surface area contributed by atoms with Crippen molar-refractivity contribution in [2.75, 3.05) is 0 Å². The van der Waals surface area contributed by atoms with Gasteiger partial charge in [0.25, 0.3) is 0 Å². The monoisotopic (exact) mass is 240 g/mol. The molecule has 0 fully saturated rings. The van der Waals surface area contributed by atoms with E-state index in [-0.39, 0.29) is 0 Å². The maximum absolute atomic E-state index is 4.74. The third kappa shape index (κ3) is 1.96. The lowest BCUT2D eigenvalue weighted by molar-refractivity contribution is 0.623. The Morgan fingerprint density at radius 3 is 2.72 bits per heavy atom. The fraction of sp³-hybridized carbons (Fsp3) is 0.438. The van der Waals surface area contributed by atoms with E-state index in [2.05, 4.69) is 42.7 Å². The van der Waals surface area contributed by atoms with Crippen molar-refractivity contribution in [2.24, 2.45) is 0 Å². The van der Waals surface area contributed by atoms with Crippen LogP contribution in [0.15, 0.2) is 24.3 Å². The van der Waals surface area contributed by atoms with Crippen molar-refractivity contribution in [2.45, 2.75) is 46.1 Å². The van der Waals surface area contributed by atoms with Crippen LogP contribution in [0.1, 0.15) is 41.2 Å². The maximum Gasteiger partial charge on any atom is 0.106 e. The molecule has 2 heteroatoms. The molecule has 0 aliphatic heterocycles. The molecule has 0 bridgehead atoms. The average molecular weight is 240 g/mol. The maximum atomic E-state index is 4.74. The van der Waals surface area contributed by atoms with Crippen molar-refractivity contribution in [3.63, 3.8) is 0 Å². The van der Waals surface area contributed by atoms with E-state index in [9.17, 15) is 0 Å². The van der Waals surface area contributed by atoms with Crippen LogP contribution in [0.2, 0.25) is 0 Å². The number of nitrogens with zero attached hydrogens (tertiary/aromatic N) is 2. The minimum absolute atomic E-state index is 0.973. The van der Waals surface area contributed by atoms with Gasteiger partial charge in [0.1, 0.15) is 5.82 Å². The fourth-order valence-corrected chi connectivity index (χ4v) is 2.90. The minimum Gasteiger partial charge on any atom is -0.328 e. The van der Waals surface area contributed by atoms with Gasteiger partial charge in [0.15, 0.2) is 0 Å². The van der Waals surface area contributed by atoms with Gasteiger partial charge >= 0.3 is 0 Å². The number of aromatic nitrogens is 2. The SMILES string of the molecule is Cc1ccccc1Cn1c(C)nc2c1CCCC2. The summed E-state index contributed by atoms with van der Waals surface area (Å²) in [5.74, 6) is 1.17. The van der Waals surface area contributed by atoms with E-state index >= 15 is 0 Å². The second-order valence-corrected chi connectivity index (χ2v) is 5.27. The molecule has 0 radical (unpaired) electrons. The molecule has 2 nitrogen and oxygen atoms in total. The Balaban J connectivity index is 1.98. The summed E-state index contributed by atoms with van der Waals surface area (Å²) in [6.07, 6.45) is 4.97. The van der Waals surface area contributed by atoms with E-state index in [1.54, 1.807) is 0 Å². The number of hydrogen-bond donors (Lipinski definition) is 0. The molecule has 1 aliphatic rings. The number of benzene rings is 1. The minimum atomic E-state index is 0.973. The Hall–Kier alpha value is -1.57. The summed E-state index contributed by atoms with van der Waals surface area (Å²) in [6, 6.07) is 8.65. The van der Waals surface area contributed by atoms with Crippen LogP contribution in [0.4, 0.5) is 0 Å². The largest absolute Gasteiger partial charge is 0.328 e. The zero-order valence-electron chi connectivity index (χ0n) is 11.2.